The zero-order chi connectivity index (χ0) is 18.9. The first-order valence-corrected chi connectivity index (χ1v) is 17.9. The lowest BCUT2D eigenvalue weighted by Gasteiger charge is -2.34. The molecule has 136 valence electrons. The van der Waals surface area contributed by atoms with Crippen LogP contribution in [0.4, 0.5) is 0 Å². The SMILES string of the molecule is C[Si](C)(C)c1cccc(P(C2=CC=CC2)c2ccccc2)c1[Si](C)(C)C. The first kappa shape index (κ1) is 19.5. The van der Waals surface area contributed by atoms with Crippen LogP contribution in [-0.2, 0) is 0 Å². The Morgan fingerprint density at radius 2 is 1.46 bits per heavy atom. The first-order valence-electron chi connectivity index (χ1n) is 9.54. The van der Waals surface area contributed by atoms with Crippen molar-refractivity contribution in [1.29, 1.82) is 0 Å². The zero-order valence-corrected chi connectivity index (χ0v) is 19.9. The molecule has 1 aliphatic rings. The van der Waals surface area contributed by atoms with Crippen molar-refractivity contribution in [2.24, 2.45) is 0 Å². The molecule has 1 atom stereocenters. The summed E-state index contributed by atoms with van der Waals surface area (Å²) in [5.41, 5.74) is 0. The van der Waals surface area contributed by atoms with E-state index in [2.05, 4.69) is 106 Å². The van der Waals surface area contributed by atoms with E-state index >= 15 is 0 Å². The van der Waals surface area contributed by atoms with Gasteiger partial charge in [-0.2, -0.15) is 0 Å². The van der Waals surface area contributed by atoms with Crippen molar-refractivity contribution in [2.45, 2.75) is 45.7 Å². The van der Waals surface area contributed by atoms with Gasteiger partial charge in [0.1, 0.15) is 0 Å². The number of rotatable bonds is 5. The van der Waals surface area contributed by atoms with Gasteiger partial charge in [-0.15, -0.1) is 0 Å². The predicted octanol–water partition coefficient (Wildman–Crippen LogP) is 5.05. The van der Waals surface area contributed by atoms with E-state index in [1.165, 1.54) is 5.30 Å². The van der Waals surface area contributed by atoms with Crippen molar-refractivity contribution < 1.29 is 0 Å². The second kappa shape index (κ2) is 7.42. The number of hydrogen-bond acceptors (Lipinski definition) is 0. The summed E-state index contributed by atoms with van der Waals surface area (Å²) in [5, 5.41) is 8.13. The smallest absolute Gasteiger partial charge is 0.0783 e. The topological polar surface area (TPSA) is 0 Å². The Kier molecular flexibility index (Phi) is 5.58. The maximum Gasteiger partial charge on any atom is 0.0783 e. The maximum atomic E-state index is 2.52. The summed E-state index contributed by atoms with van der Waals surface area (Å²) in [7, 11) is -3.32. The molecule has 0 radical (unpaired) electrons. The third kappa shape index (κ3) is 4.03. The summed E-state index contributed by atoms with van der Waals surface area (Å²) < 4.78 is 0. The molecule has 0 fully saturated rings. The molecule has 0 aliphatic heterocycles. The highest BCUT2D eigenvalue weighted by atomic mass is 31.1. The van der Waals surface area contributed by atoms with Gasteiger partial charge in [-0.25, -0.2) is 0 Å². The highest BCUT2D eigenvalue weighted by Crippen LogP contribution is 2.46. The molecular weight excluding hydrogens is 363 g/mol. The summed E-state index contributed by atoms with van der Waals surface area (Å²) in [6, 6.07) is 18.4. The fraction of sp³-hybridized carbons (Fsp3) is 0.304. The monoisotopic (exact) mass is 394 g/mol. The molecule has 3 heteroatoms. The van der Waals surface area contributed by atoms with E-state index in [4.69, 9.17) is 0 Å². The molecule has 2 aromatic carbocycles. The van der Waals surface area contributed by atoms with Crippen molar-refractivity contribution in [1.82, 2.24) is 0 Å². The molecule has 0 N–H and O–H groups in total. The van der Waals surface area contributed by atoms with Crippen LogP contribution in [-0.4, -0.2) is 16.1 Å². The maximum absolute atomic E-state index is 2.52. The van der Waals surface area contributed by atoms with Gasteiger partial charge in [0.25, 0.3) is 0 Å². The zero-order valence-electron chi connectivity index (χ0n) is 17.0. The van der Waals surface area contributed by atoms with Crippen molar-refractivity contribution in [3.63, 3.8) is 0 Å². The van der Waals surface area contributed by atoms with Gasteiger partial charge in [0, 0.05) is 0 Å². The molecule has 0 saturated heterocycles. The normalized spacial score (nSPS) is 15.8. The number of benzene rings is 2. The fourth-order valence-corrected chi connectivity index (χ4v) is 13.2. The summed E-state index contributed by atoms with van der Waals surface area (Å²) >= 11 is 0. The van der Waals surface area contributed by atoms with Crippen LogP contribution in [0.3, 0.4) is 0 Å². The first-order chi connectivity index (χ1) is 12.2. The van der Waals surface area contributed by atoms with E-state index < -0.39 is 24.1 Å². The minimum Gasteiger partial charge on any atom is -0.0801 e. The van der Waals surface area contributed by atoms with Crippen LogP contribution in [0.5, 0.6) is 0 Å². The van der Waals surface area contributed by atoms with Crippen molar-refractivity contribution in [3.05, 3.63) is 72.1 Å². The van der Waals surface area contributed by atoms with E-state index in [1.807, 2.05) is 0 Å². The van der Waals surface area contributed by atoms with Crippen LogP contribution in [0.1, 0.15) is 6.42 Å². The Hall–Kier alpha value is -1.22. The third-order valence-electron chi connectivity index (χ3n) is 4.89. The lowest BCUT2D eigenvalue weighted by Crippen LogP contribution is -2.61. The summed E-state index contributed by atoms with van der Waals surface area (Å²) in [6.07, 6.45) is 8.02. The molecule has 2 aromatic rings. The highest BCUT2D eigenvalue weighted by molar-refractivity contribution is 7.77. The van der Waals surface area contributed by atoms with E-state index in [1.54, 1.807) is 21.0 Å². The van der Waals surface area contributed by atoms with Crippen molar-refractivity contribution >= 4 is 45.1 Å². The number of allylic oxidation sites excluding steroid dienone is 4. The van der Waals surface area contributed by atoms with Crippen molar-refractivity contribution in [2.75, 3.05) is 0 Å². The van der Waals surface area contributed by atoms with Crippen molar-refractivity contribution in [3.8, 4) is 0 Å². The van der Waals surface area contributed by atoms with Crippen LogP contribution in [0.25, 0.3) is 0 Å². The second-order valence-electron chi connectivity index (χ2n) is 9.16. The lowest BCUT2D eigenvalue weighted by molar-refractivity contribution is 1.41. The van der Waals surface area contributed by atoms with Gasteiger partial charge in [-0.3, -0.25) is 0 Å². The van der Waals surface area contributed by atoms with Crippen LogP contribution >= 0.6 is 7.92 Å². The van der Waals surface area contributed by atoms with Gasteiger partial charge in [-0.1, -0.05) is 116 Å². The standard InChI is InChI=1S/C23H31PSi2/c1-25(2,3)22-18-12-17-21(23(22)26(4,5)6)24(20-15-10-11-16-20)19-13-8-7-9-14-19/h7-15,17-18H,16H2,1-6H3. The molecular formula is C23H31PSi2. The Morgan fingerprint density at radius 1 is 0.769 bits per heavy atom. The van der Waals surface area contributed by atoms with Gasteiger partial charge in [0.05, 0.1) is 16.1 Å². The van der Waals surface area contributed by atoms with Gasteiger partial charge in [0.2, 0.25) is 0 Å². The van der Waals surface area contributed by atoms with Gasteiger partial charge >= 0.3 is 0 Å². The molecule has 0 aromatic heterocycles. The largest absolute Gasteiger partial charge is 0.0801 e. The minimum absolute atomic E-state index is 0.445. The molecule has 1 unspecified atom stereocenters. The molecule has 1 aliphatic carbocycles. The molecule has 0 bridgehead atoms. The Bertz CT molecular complexity index is 837. The lowest BCUT2D eigenvalue weighted by atomic mass is 10.3. The molecule has 0 saturated carbocycles. The molecule has 26 heavy (non-hydrogen) atoms. The Labute approximate surface area is 162 Å². The van der Waals surface area contributed by atoms with E-state index in [0.29, 0.717) is 0 Å². The molecule has 0 heterocycles. The fourth-order valence-electron chi connectivity index (χ4n) is 3.78. The Balaban J connectivity index is 2.28. The van der Waals surface area contributed by atoms with E-state index in [0.717, 1.165) is 6.42 Å². The van der Waals surface area contributed by atoms with E-state index in [9.17, 15) is 0 Å². The average molecular weight is 395 g/mol. The van der Waals surface area contributed by atoms with E-state index in [-0.39, 0.29) is 0 Å². The molecule has 0 nitrogen and oxygen atoms in total. The van der Waals surface area contributed by atoms with Crippen LogP contribution < -0.4 is 21.0 Å². The average Bonchev–Trinajstić information content (AvgIpc) is 3.08. The summed E-state index contributed by atoms with van der Waals surface area (Å²) in [6.45, 7) is 15.1. The van der Waals surface area contributed by atoms with Gasteiger partial charge in [0.15, 0.2) is 0 Å². The van der Waals surface area contributed by atoms with Gasteiger partial charge < -0.3 is 0 Å². The van der Waals surface area contributed by atoms with Crippen LogP contribution in [0, 0.1) is 0 Å². The highest BCUT2D eigenvalue weighted by Gasteiger charge is 2.33. The minimum atomic E-state index is -1.48. The molecule has 0 spiro atoms. The molecule has 0 amide bonds. The predicted molar refractivity (Wildman–Crippen MR) is 127 cm³/mol. The summed E-state index contributed by atoms with van der Waals surface area (Å²) in [5.74, 6) is 0. The third-order valence-corrected chi connectivity index (χ3v) is 12.0. The van der Waals surface area contributed by atoms with Crippen LogP contribution in [0.2, 0.25) is 39.3 Å². The second-order valence-corrected chi connectivity index (χ2v) is 21.4. The summed E-state index contributed by atoms with van der Waals surface area (Å²) in [4.78, 5) is 0. The molecule has 3 rings (SSSR count). The quantitative estimate of drug-likeness (QED) is 0.491. The van der Waals surface area contributed by atoms with Gasteiger partial charge in [-0.05, 0) is 30.3 Å². The Morgan fingerprint density at radius 3 is 2.00 bits per heavy atom. The van der Waals surface area contributed by atoms with Crippen LogP contribution in [0.15, 0.2) is 72.1 Å². The number of hydrogen-bond donors (Lipinski definition) is 0.